The van der Waals surface area contributed by atoms with Crippen LogP contribution in [-0.2, 0) is 11.4 Å². The number of hydrogen-bond acceptors (Lipinski definition) is 3. The Morgan fingerprint density at radius 3 is 2.70 bits per heavy atom. The highest BCUT2D eigenvalue weighted by Gasteiger charge is 2.13. The Hall–Kier alpha value is -3.07. The smallest absolute Gasteiger partial charge is 0.266 e. The molecule has 0 aliphatic rings. The van der Waals surface area contributed by atoms with Gasteiger partial charge in [0.1, 0.15) is 24.0 Å². The highest BCUT2D eigenvalue weighted by molar-refractivity contribution is 9.10. The summed E-state index contributed by atoms with van der Waals surface area (Å²) in [4.78, 5) is 12.6. The predicted molar refractivity (Wildman–Crippen MR) is 123 cm³/mol. The van der Waals surface area contributed by atoms with Crippen LogP contribution in [0.25, 0.3) is 6.08 Å². The van der Waals surface area contributed by atoms with Gasteiger partial charge in [0.15, 0.2) is 0 Å². The van der Waals surface area contributed by atoms with E-state index in [2.05, 4.69) is 21.2 Å². The molecule has 150 valence electrons. The molecule has 3 aromatic rings. The molecule has 0 aliphatic heterocycles. The first-order valence-electron chi connectivity index (χ1n) is 9.12. The van der Waals surface area contributed by atoms with Crippen molar-refractivity contribution in [2.45, 2.75) is 13.5 Å². The van der Waals surface area contributed by atoms with Crippen molar-refractivity contribution in [2.24, 2.45) is 0 Å². The molecule has 0 atom stereocenters. The Bertz CT molecular complexity index is 1150. The number of benzene rings is 3. The molecule has 0 aromatic heterocycles. The minimum absolute atomic E-state index is 0.0241. The summed E-state index contributed by atoms with van der Waals surface area (Å²) < 4.78 is 6.74. The molecule has 3 rings (SSSR count). The highest BCUT2D eigenvalue weighted by Crippen LogP contribution is 2.27. The van der Waals surface area contributed by atoms with Crippen molar-refractivity contribution >= 4 is 45.2 Å². The minimum atomic E-state index is -0.479. The quantitative estimate of drug-likeness (QED) is 0.321. The number of nitriles is 1. The van der Waals surface area contributed by atoms with Crippen molar-refractivity contribution in [3.63, 3.8) is 0 Å². The molecule has 0 saturated carbocycles. The van der Waals surface area contributed by atoms with Crippen LogP contribution in [0.2, 0.25) is 5.02 Å². The van der Waals surface area contributed by atoms with E-state index in [-0.39, 0.29) is 5.57 Å². The maximum atomic E-state index is 12.6. The number of nitrogens with zero attached hydrogens (tertiary/aromatic N) is 1. The van der Waals surface area contributed by atoms with E-state index < -0.39 is 5.91 Å². The lowest BCUT2D eigenvalue weighted by molar-refractivity contribution is -0.112. The second kappa shape index (κ2) is 10.1. The van der Waals surface area contributed by atoms with Crippen molar-refractivity contribution in [1.82, 2.24) is 0 Å². The van der Waals surface area contributed by atoms with Gasteiger partial charge in [-0.05, 0) is 60.5 Å². The molecule has 0 saturated heterocycles. The number of carbonyl (C=O) groups excluding carboxylic acids is 1. The standard InChI is InChI=1S/C24H18BrClN2O2/c1-16-5-2-3-8-22(16)28-24(29)19(14-27)12-18-13-20(25)9-10-23(18)30-15-17-6-4-7-21(26)11-17/h2-13H,15H2,1H3,(H,28,29)/b19-12+. The lowest BCUT2D eigenvalue weighted by atomic mass is 10.1. The van der Waals surface area contributed by atoms with E-state index in [1.807, 2.05) is 55.5 Å². The number of aryl methyl sites for hydroxylation is 1. The van der Waals surface area contributed by atoms with Crippen LogP contribution >= 0.6 is 27.5 Å². The largest absolute Gasteiger partial charge is 0.488 e. The Labute approximate surface area is 188 Å². The van der Waals surface area contributed by atoms with Gasteiger partial charge in [0.25, 0.3) is 5.91 Å². The fourth-order valence-corrected chi connectivity index (χ4v) is 3.35. The second-order valence-electron chi connectivity index (χ2n) is 6.54. The number of nitrogens with one attached hydrogen (secondary N) is 1. The summed E-state index contributed by atoms with van der Waals surface area (Å²) in [5.74, 6) is 0.0715. The van der Waals surface area contributed by atoms with Gasteiger partial charge in [-0.3, -0.25) is 4.79 Å². The van der Waals surface area contributed by atoms with Crippen molar-refractivity contribution < 1.29 is 9.53 Å². The molecule has 0 radical (unpaired) electrons. The van der Waals surface area contributed by atoms with E-state index in [0.29, 0.717) is 28.6 Å². The van der Waals surface area contributed by atoms with Crippen LogP contribution in [0.1, 0.15) is 16.7 Å². The number of para-hydroxylation sites is 1. The van der Waals surface area contributed by atoms with Crippen LogP contribution in [0.5, 0.6) is 5.75 Å². The minimum Gasteiger partial charge on any atom is -0.488 e. The zero-order valence-electron chi connectivity index (χ0n) is 16.2. The Morgan fingerprint density at radius 2 is 1.97 bits per heavy atom. The lowest BCUT2D eigenvalue weighted by Gasteiger charge is -2.11. The highest BCUT2D eigenvalue weighted by atomic mass is 79.9. The lowest BCUT2D eigenvalue weighted by Crippen LogP contribution is -2.14. The van der Waals surface area contributed by atoms with Gasteiger partial charge in [-0.1, -0.05) is 57.9 Å². The zero-order valence-corrected chi connectivity index (χ0v) is 18.5. The van der Waals surface area contributed by atoms with Gasteiger partial charge in [-0.2, -0.15) is 5.26 Å². The number of anilines is 1. The first-order valence-corrected chi connectivity index (χ1v) is 10.3. The van der Waals surface area contributed by atoms with Crippen LogP contribution in [0, 0.1) is 18.3 Å². The second-order valence-corrected chi connectivity index (χ2v) is 7.89. The van der Waals surface area contributed by atoms with Crippen molar-refractivity contribution in [1.29, 1.82) is 5.26 Å². The van der Waals surface area contributed by atoms with E-state index in [1.165, 1.54) is 6.08 Å². The molecule has 0 aliphatic carbocycles. The fourth-order valence-electron chi connectivity index (χ4n) is 2.76. The molecule has 3 aromatic carbocycles. The third-order valence-corrected chi connectivity index (χ3v) is 5.04. The molecule has 0 bridgehead atoms. The number of halogens is 2. The van der Waals surface area contributed by atoms with E-state index in [9.17, 15) is 10.1 Å². The Kier molecular flexibility index (Phi) is 7.29. The zero-order chi connectivity index (χ0) is 21.5. The number of carbonyl (C=O) groups is 1. The normalized spacial score (nSPS) is 10.9. The summed E-state index contributed by atoms with van der Waals surface area (Å²) in [6.07, 6.45) is 1.52. The van der Waals surface area contributed by atoms with E-state index >= 15 is 0 Å². The first-order chi connectivity index (χ1) is 14.5. The van der Waals surface area contributed by atoms with Crippen molar-refractivity contribution in [3.8, 4) is 11.8 Å². The molecule has 30 heavy (non-hydrogen) atoms. The summed E-state index contributed by atoms with van der Waals surface area (Å²) in [5, 5.41) is 13.0. The van der Waals surface area contributed by atoms with Gasteiger partial charge in [-0.25, -0.2) is 0 Å². The molecule has 0 fully saturated rings. The fraction of sp³-hybridized carbons (Fsp3) is 0.0833. The third kappa shape index (κ3) is 5.73. The molecule has 0 heterocycles. The summed E-state index contributed by atoms with van der Waals surface area (Å²) in [7, 11) is 0. The molecule has 4 nitrogen and oxygen atoms in total. The van der Waals surface area contributed by atoms with Gasteiger partial charge in [-0.15, -0.1) is 0 Å². The summed E-state index contributed by atoms with van der Waals surface area (Å²) in [5.41, 5.74) is 3.08. The number of ether oxygens (including phenoxy) is 1. The molecule has 0 spiro atoms. The van der Waals surface area contributed by atoms with Gasteiger partial charge in [0, 0.05) is 20.7 Å². The summed E-state index contributed by atoms with van der Waals surface area (Å²) >= 11 is 9.46. The SMILES string of the molecule is Cc1ccccc1NC(=O)/C(C#N)=C/c1cc(Br)ccc1OCc1cccc(Cl)c1. The molecule has 1 amide bonds. The predicted octanol–water partition coefficient (Wildman–Crippen LogP) is 6.54. The van der Waals surface area contributed by atoms with Gasteiger partial charge in [0.05, 0.1) is 0 Å². The van der Waals surface area contributed by atoms with Crippen LogP contribution in [0.3, 0.4) is 0 Å². The average Bonchev–Trinajstić information content (AvgIpc) is 2.73. The van der Waals surface area contributed by atoms with Crippen LogP contribution < -0.4 is 10.1 Å². The number of hydrogen-bond donors (Lipinski definition) is 1. The molecule has 0 unspecified atom stereocenters. The van der Waals surface area contributed by atoms with Crippen LogP contribution in [0.4, 0.5) is 5.69 Å². The first kappa shape index (κ1) is 21.6. The molecular formula is C24H18BrClN2O2. The number of amides is 1. The van der Waals surface area contributed by atoms with Crippen LogP contribution in [-0.4, -0.2) is 5.91 Å². The van der Waals surface area contributed by atoms with Crippen molar-refractivity contribution in [3.05, 3.63) is 98.5 Å². The topological polar surface area (TPSA) is 62.1 Å². The maximum Gasteiger partial charge on any atom is 0.266 e. The third-order valence-electron chi connectivity index (χ3n) is 4.31. The maximum absolute atomic E-state index is 12.6. The Morgan fingerprint density at radius 1 is 1.17 bits per heavy atom. The van der Waals surface area contributed by atoms with Gasteiger partial charge < -0.3 is 10.1 Å². The van der Waals surface area contributed by atoms with E-state index in [1.54, 1.807) is 24.3 Å². The van der Waals surface area contributed by atoms with Crippen LogP contribution in [0.15, 0.2) is 76.8 Å². The molecule has 6 heteroatoms. The van der Waals surface area contributed by atoms with Gasteiger partial charge >= 0.3 is 0 Å². The van der Waals surface area contributed by atoms with E-state index in [0.717, 1.165) is 15.6 Å². The van der Waals surface area contributed by atoms with Crippen molar-refractivity contribution in [2.75, 3.05) is 5.32 Å². The summed E-state index contributed by atoms with van der Waals surface area (Å²) in [6, 6.07) is 22.2. The monoisotopic (exact) mass is 480 g/mol. The van der Waals surface area contributed by atoms with E-state index in [4.69, 9.17) is 16.3 Å². The molecular weight excluding hydrogens is 464 g/mol. The number of rotatable bonds is 6. The Balaban J connectivity index is 1.84. The summed E-state index contributed by atoms with van der Waals surface area (Å²) in [6.45, 7) is 2.20. The average molecular weight is 482 g/mol. The van der Waals surface area contributed by atoms with Gasteiger partial charge in [0.2, 0.25) is 0 Å². The molecule has 1 N–H and O–H groups in total.